The van der Waals surface area contributed by atoms with E-state index in [0.717, 1.165) is 17.2 Å². The van der Waals surface area contributed by atoms with Crippen molar-refractivity contribution in [2.75, 3.05) is 5.32 Å². The van der Waals surface area contributed by atoms with Crippen LogP contribution in [0.25, 0.3) is 0 Å². The molecule has 1 fully saturated rings. The van der Waals surface area contributed by atoms with Crippen LogP contribution in [0.4, 0.5) is 5.69 Å². The molecule has 0 spiro atoms. The number of nitrogens with one attached hydrogen (secondary N) is 1. The molecule has 2 heteroatoms. The molecule has 0 radical (unpaired) electrons. The topological polar surface area (TPSA) is 32.3 Å². The summed E-state index contributed by atoms with van der Waals surface area (Å²) in [5.74, 6) is 0.725. The maximum atomic E-state index is 9.00. The van der Waals surface area contributed by atoms with Gasteiger partial charge >= 0.3 is 0 Å². The van der Waals surface area contributed by atoms with Crippen LogP contribution >= 0.6 is 0 Å². The van der Waals surface area contributed by atoms with Crippen LogP contribution < -0.4 is 5.32 Å². The van der Waals surface area contributed by atoms with E-state index in [0.29, 0.717) is 11.5 Å². The summed E-state index contributed by atoms with van der Waals surface area (Å²) in [6.07, 6.45) is 2.52. The summed E-state index contributed by atoms with van der Waals surface area (Å²) in [6.45, 7) is 7.14. The van der Waals surface area contributed by atoms with Crippen molar-refractivity contribution < 1.29 is 5.11 Å². The van der Waals surface area contributed by atoms with Crippen molar-refractivity contribution in [2.45, 2.75) is 46.3 Å². The highest BCUT2D eigenvalue weighted by molar-refractivity contribution is 5.45. The zero-order valence-electron chi connectivity index (χ0n) is 11.0. The first-order valence-corrected chi connectivity index (χ1v) is 6.46. The second-order valence-corrected chi connectivity index (χ2v) is 6.16. The van der Waals surface area contributed by atoms with Gasteiger partial charge in [-0.3, -0.25) is 0 Å². The van der Waals surface area contributed by atoms with E-state index in [2.05, 4.69) is 38.2 Å². The highest BCUT2D eigenvalue weighted by Gasteiger charge is 2.36. The minimum atomic E-state index is 0.118. The van der Waals surface area contributed by atoms with Crippen LogP contribution in [-0.2, 0) is 6.61 Å². The number of hydrogen-bond donors (Lipinski definition) is 2. The average Bonchev–Trinajstić information content (AvgIpc) is 2.53. The lowest BCUT2D eigenvalue weighted by atomic mass is 9.91. The Labute approximate surface area is 104 Å². The fraction of sp³-hybridized carbons (Fsp3) is 0.600. The molecule has 0 aliphatic heterocycles. The molecule has 17 heavy (non-hydrogen) atoms. The summed E-state index contributed by atoms with van der Waals surface area (Å²) in [5, 5.41) is 12.6. The van der Waals surface area contributed by atoms with Gasteiger partial charge in [0.2, 0.25) is 0 Å². The van der Waals surface area contributed by atoms with Crippen molar-refractivity contribution in [3.63, 3.8) is 0 Å². The van der Waals surface area contributed by atoms with Crippen molar-refractivity contribution in [3.05, 3.63) is 29.8 Å². The highest BCUT2D eigenvalue weighted by atomic mass is 16.3. The standard InChI is InChI=1S/C15H23NO/c1-11-8-15(2,3)9-14(11)16-13-6-4-12(10-17)5-7-13/h4-7,11,14,16-17H,8-10H2,1-3H3. The lowest BCUT2D eigenvalue weighted by Crippen LogP contribution is -2.22. The monoisotopic (exact) mass is 233 g/mol. The van der Waals surface area contributed by atoms with Gasteiger partial charge in [0.25, 0.3) is 0 Å². The Balaban J connectivity index is 2.01. The Bertz CT molecular complexity index is 369. The first-order valence-electron chi connectivity index (χ1n) is 6.46. The van der Waals surface area contributed by atoms with E-state index in [1.807, 2.05) is 12.1 Å². The largest absolute Gasteiger partial charge is 0.392 e. The molecule has 2 unspecified atom stereocenters. The molecule has 1 aliphatic rings. The first kappa shape index (κ1) is 12.4. The predicted molar refractivity (Wildman–Crippen MR) is 72.0 cm³/mol. The molecule has 94 valence electrons. The van der Waals surface area contributed by atoms with Crippen molar-refractivity contribution in [2.24, 2.45) is 11.3 Å². The van der Waals surface area contributed by atoms with E-state index in [4.69, 9.17) is 5.11 Å². The van der Waals surface area contributed by atoms with Gasteiger partial charge in [0.15, 0.2) is 0 Å². The zero-order valence-corrected chi connectivity index (χ0v) is 11.0. The molecule has 0 heterocycles. The van der Waals surface area contributed by atoms with Gasteiger partial charge in [0, 0.05) is 11.7 Å². The van der Waals surface area contributed by atoms with E-state index < -0.39 is 0 Å². The van der Waals surface area contributed by atoms with Crippen LogP contribution in [0.2, 0.25) is 0 Å². The highest BCUT2D eigenvalue weighted by Crippen LogP contribution is 2.42. The summed E-state index contributed by atoms with van der Waals surface area (Å²) in [4.78, 5) is 0. The second-order valence-electron chi connectivity index (χ2n) is 6.16. The van der Waals surface area contributed by atoms with E-state index >= 15 is 0 Å². The number of benzene rings is 1. The molecule has 2 N–H and O–H groups in total. The summed E-state index contributed by atoms with van der Waals surface area (Å²) < 4.78 is 0. The molecule has 1 aromatic carbocycles. The van der Waals surface area contributed by atoms with Gasteiger partial charge in [-0.15, -0.1) is 0 Å². The molecule has 0 amide bonds. The van der Waals surface area contributed by atoms with Gasteiger partial charge in [0.05, 0.1) is 6.61 Å². The van der Waals surface area contributed by atoms with Gasteiger partial charge in [-0.2, -0.15) is 0 Å². The smallest absolute Gasteiger partial charge is 0.0681 e. The molecular formula is C15H23NO. The Morgan fingerprint density at radius 2 is 1.88 bits per heavy atom. The molecule has 2 nitrogen and oxygen atoms in total. The third-order valence-electron chi connectivity index (χ3n) is 3.82. The van der Waals surface area contributed by atoms with E-state index in [9.17, 15) is 0 Å². The summed E-state index contributed by atoms with van der Waals surface area (Å²) in [7, 11) is 0. The van der Waals surface area contributed by atoms with Crippen LogP contribution in [0, 0.1) is 11.3 Å². The van der Waals surface area contributed by atoms with Gasteiger partial charge in [0.1, 0.15) is 0 Å². The number of aliphatic hydroxyl groups excluding tert-OH is 1. The minimum absolute atomic E-state index is 0.118. The number of anilines is 1. The maximum absolute atomic E-state index is 9.00. The predicted octanol–water partition coefficient (Wildman–Crippen LogP) is 3.42. The molecule has 0 saturated heterocycles. The van der Waals surface area contributed by atoms with E-state index in [1.165, 1.54) is 12.8 Å². The van der Waals surface area contributed by atoms with Crippen LogP contribution in [0.1, 0.15) is 39.2 Å². The maximum Gasteiger partial charge on any atom is 0.0681 e. The molecule has 1 saturated carbocycles. The molecule has 2 rings (SSSR count). The summed E-state index contributed by atoms with van der Waals surface area (Å²) in [5.41, 5.74) is 2.59. The average molecular weight is 233 g/mol. The number of rotatable bonds is 3. The van der Waals surface area contributed by atoms with Crippen molar-refractivity contribution in [1.82, 2.24) is 0 Å². The Morgan fingerprint density at radius 3 is 2.35 bits per heavy atom. The van der Waals surface area contributed by atoms with Crippen LogP contribution in [0.5, 0.6) is 0 Å². The summed E-state index contributed by atoms with van der Waals surface area (Å²) >= 11 is 0. The van der Waals surface area contributed by atoms with Gasteiger partial charge in [-0.05, 0) is 41.9 Å². The lowest BCUT2D eigenvalue weighted by Gasteiger charge is -2.20. The Kier molecular flexibility index (Phi) is 3.43. The normalized spacial score (nSPS) is 27.1. The molecular weight excluding hydrogens is 210 g/mol. The third kappa shape index (κ3) is 3.01. The molecule has 0 bridgehead atoms. The van der Waals surface area contributed by atoms with Crippen molar-refractivity contribution in [3.8, 4) is 0 Å². The molecule has 1 aliphatic carbocycles. The Morgan fingerprint density at radius 1 is 1.24 bits per heavy atom. The zero-order chi connectivity index (χ0) is 12.5. The fourth-order valence-electron chi connectivity index (χ4n) is 3.01. The molecule has 1 aromatic rings. The minimum Gasteiger partial charge on any atom is -0.392 e. The lowest BCUT2D eigenvalue weighted by molar-refractivity contribution is 0.282. The molecule has 0 aromatic heterocycles. The van der Waals surface area contributed by atoms with Gasteiger partial charge in [-0.1, -0.05) is 32.9 Å². The summed E-state index contributed by atoms with van der Waals surface area (Å²) in [6, 6.07) is 8.65. The van der Waals surface area contributed by atoms with Crippen LogP contribution in [0.3, 0.4) is 0 Å². The van der Waals surface area contributed by atoms with Crippen molar-refractivity contribution in [1.29, 1.82) is 0 Å². The van der Waals surface area contributed by atoms with E-state index in [1.54, 1.807) is 0 Å². The van der Waals surface area contributed by atoms with Crippen LogP contribution in [-0.4, -0.2) is 11.1 Å². The number of aliphatic hydroxyl groups is 1. The van der Waals surface area contributed by atoms with Gasteiger partial charge in [-0.25, -0.2) is 0 Å². The quantitative estimate of drug-likeness (QED) is 0.838. The fourth-order valence-corrected chi connectivity index (χ4v) is 3.01. The third-order valence-corrected chi connectivity index (χ3v) is 3.82. The van der Waals surface area contributed by atoms with Crippen LogP contribution in [0.15, 0.2) is 24.3 Å². The first-order chi connectivity index (χ1) is 8.00. The SMILES string of the molecule is CC1CC(C)(C)CC1Nc1ccc(CO)cc1. The second kappa shape index (κ2) is 4.69. The number of hydrogen-bond acceptors (Lipinski definition) is 2. The van der Waals surface area contributed by atoms with Crippen molar-refractivity contribution >= 4 is 5.69 Å². The molecule has 2 atom stereocenters. The van der Waals surface area contributed by atoms with E-state index in [-0.39, 0.29) is 6.61 Å². The van der Waals surface area contributed by atoms with Gasteiger partial charge < -0.3 is 10.4 Å². The Hall–Kier alpha value is -1.02.